The van der Waals surface area contributed by atoms with Gasteiger partial charge in [0.05, 0.1) is 0 Å². The van der Waals surface area contributed by atoms with Gasteiger partial charge in [0.25, 0.3) is 11.8 Å². The second kappa shape index (κ2) is 6.22. The van der Waals surface area contributed by atoms with E-state index in [0.29, 0.717) is 11.1 Å². The number of hydrogen-bond acceptors (Lipinski definition) is 3. The zero-order chi connectivity index (χ0) is 16.4. The van der Waals surface area contributed by atoms with E-state index in [-0.39, 0.29) is 11.8 Å². The van der Waals surface area contributed by atoms with E-state index in [9.17, 15) is 9.59 Å². The molecule has 0 fully saturated rings. The lowest BCUT2D eigenvalue weighted by molar-refractivity contribution is 0.0955. The van der Waals surface area contributed by atoms with Gasteiger partial charge in [-0.25, -0.2) is 0 Å². The summed E-state index contributed by atoms with van der Waals surface area (Å²) in [5.74, 6) is -0.205. The van der Waals surface area contributed by atoms with Crippen molar-refractivity contribution in [3.63, 3.8) is 0 Å². The van der Waals surface area contributed by atoms with Gasteiger partial charge in [-0.15, -0.1) is 11.3 Å². The molecule has 5 heteroatoms. The molecule has 2 N–H and O–H groups in total. The fourth-order valence-electron chi connectivity index (χ4n) is 2.30. The predicted molar refractivity (Wildman–Crippen MR) is 92.9 cm³/mol. The van der Waals surface area contributed by atoms with Crippen LogP contribution in [0.1, 0.15) is 20.7 Å². The summed E-state index contributed by atoms with van der Waals surface area (Å²) in [6, 6.07) is 16.3. The summed E-state index contributed by atoms with van der Waals surface area (Å²) < 4.78 is 1.01. The van der Waals surface area contributed by atoms with Gasteiger partial charge in [0.1, 0.15) is 0 Å². The van der Waals surface area contributed by atoms with E-state index in [1.165, 1.54) is 0 Å². The third-order valence-corrected chi connectivity index (χ3v) is 4.67. The number of carbonyl (C=O) groups is 2. The van der Waals surface area contributed by atoms with Gasteiger partial charge in [-0.1, -0.05) is 18.2 Å². The number of nitrogens with one attached hydrogen (secondary N) is 2. The number of fused-ring (bicyclic) bond motifs is 1. The lowest BCUT2D eigenvalue weighted by atomic mass is 10.1. The van der Waals surface area contributed by atoms with Gasteiger partial charge in [-0.2, -0.15) is 0 Å². The van der Waals surface area contributed by atoms with Gasteiger partial charge in [0, 0.05) is 46.3 Å². The third-order valence-electron chi connectivity index (χ3n) is 3.57. The number of thiophene rings is 1. The largest absolute Gasteiger partial charge is 0.355 e. The Labute approximate surface area is 138 Å². The highest BCUT2D eigenvalue weighted by atomic mass is 32.1. The van der Waals surface area contributed by atoms with Crippen LogP contribution in [0, 0.1) is 6.07 Å². The molecular weight excluding hydrogens is 308 g/mol. The lowest BCUT2D eigenvalue weighted by Gasteiger charge is -2.01. The summed E-state index contributed by atoms with van der Waals surface area (Å²) in [7, 11) is 3.23. The molecule has 4 nitrogen and oxygen atoms in total. The van der Waals surface area contributed by atoms with Crippen molar-refractivity contribution in [2.24, 2.45) is 0 Å². The first-order chi connectivity index (χ1) is 11.1. The fraction of sp³-hybridized carbons (Fsp3) is 0.111. The summed E-state index contributed by atoms with van der Waals surface area (Å²) in [6.45, 7) is 0. The molecule has 0 atom stereocenters. The zero-order valence-corrected chi connectivity index (χ0v) is 13.6. The van der Waals surface area contributed by atoms with Crippen LogP contribution in [0.15, 0.2) is 42.5 Å². The second-order valence-corrected chi connectivity index (χ2v) is 6.05. The molecule has 1 aromatic heterocycles. The van der Waals surface area contributed by atoms with Gasteiger partial charge < -0.3 is 10.6 Å². The molecule has 1 heterocycles. The van der Waals surface area contributed by atoms with Crippen molar-refractivity contribution in [2.45, 2.75) is 0 Å². The van der Waals surface area contributed by atoms with Crippen molar-refractivity contribution in [3.05, 3.63) is 59.7 Å². The Bertz CT molecular complexity index is 882. The molecule has 1 radical (unpaired) electrons. The van der Waals surface area contributed by atoms with Gasteiger partial charge in [0.2, 0.25) is 0 Å². The minimum absolute atomic E-state index is 0.100. The van der Waals surface area contributed by atoms with E-state index in [0.717, 1.165) is 20.5 Å². The highest BCUT2D eigenvalue weighted by molar-refractivity contribution is 7.22. The minimum atomic E-state index is -0.105. The number of hydrogen-bond donors (Lipinski definition) is 2. The monoisotopic (exact) mass is 323 g/mol. The van der Waals surface area contributed by atoms with Crippen LogP contribution in [0.4, 0.5) is 0 Å². The molecule has 0 bridgehead atoms. The molecule has 0 saturated heterocycles. The molecular formula is C18H15N2O2S. The van der Waals surface area contributed by atoms with E-state index in [4.69, 9.17) is 0 Å². The van der Waals surface area contributed by atoms with Crippen LogP contribution in [-0.2, 0) is 0 Å². The Morgan fingerprint density at radius 3 is 2.17 bits per heavy atom. The van der Waals surface area contributed by atoms with Gasteiger partial charge in [-0.05, 0) is 29.8 Å². The third kappa shape index (κ3) is 2.96. The van der Waals surface area contributed by atoms with Crippen molar-refractivity contribution in [1.82, 2.24) is 10.6 Å². The van der Waals surface area contributed by atoms with E-state index < -0.39 is 0 Å². The maximum atomic E-state index is 11.7. The maximum absolute atomic E-state index is 11.7. The molecule has 0 aliphatic carbocycles. The Balaban J connectivity index is 1.97. The van der Waals surface area contributed by atoms with E-state index in [2.05, 4.69) is 16.7 Å². The van der Waals surface area contributed by atoms with Gasteiger partial charge >= 0.3 is 0 Å². The number of amides is 2. The molecule has 0 saturated carbocycles. The van der Waals surface area contributed by atoms with E-state index in [1.807, 2.05) is 24.3 Å². The predicted octanol–water partition coefficient (Wildman–Crippen LogP) is 3.09. The van der Waals surface area contributed by atoms with Crippen molar-refractivity contribution in [3.8, 4) is 10.4 Å². The van der Waals surface area contributed by atoms with E-state index in [1.54, 1.807) is 43.6 Å². The summed E-state index contributed by atoms with van der Waals surface area (Å²) in [6.07, 6.45) is 0. The number of rotatable bonds is 3. The Kier molecular flexibility index (Phi) is 4.12. The zero-order valence-electron chi connectivity index (χ0n) is 12.8. The lowest BCUT2D eigenvalue weighted by Crippen LogP contribution is -2.17. The van der Waals surface area contributed by atoms with Gasteiger partial charge in [-0.3, -0.25) is 9.59 Å². The molecule has 2 aromatic carbocycles. The molecule has 0 aliphatic rings. The normalized spacial score (nSPS) is 10.5. The van der Waals surface area contributed by atoms with Crippen LogP contribution >= 0.6 is 11.3 Å². The number of carbonyl (C=O) groups excluding carboxylic acids is 2. The van der Waals surface area contributed by atoms with Crippen molar-refractivity contribution >= 4 is 33.2 Å². The van der Waals surface area contributed by atoms with Gasteiger partial charge in [0.15, 0.2) is 0 Å². The molecule has 3 rings (SSSR count). The topological polar surface area (TPSA) is 58.2 Å². The second-order valence-electron chi connectivity index (χ2n) is 5.00. The van der Waals surface area contributed by atoms with Crippen LogP contribution in [0.25, 0.3) is 20.5 Å². The highest BCUT2D eigenvalue weighted by Crippen LogP contribution is 2.33. The average Bonchev–Trinajstić information content (AvgIpc) is 3.03. The molecule has 115 valence electrons. The Morgan fingerprint density at radius 2 is 1.52 bits per heavy atom. The smallest absolute Gasteiger partial charge is 0.251 e. The van der Waals surface area contributed by atoms with E-state index >= 15 is 0 Å². The van der Waals surface area contributed by atoms with Crippen LogP contribution < -0.4 is 10.6 Å². The molecule has 3 aromatic rings. The maximum Gasteiger partial charge on any atom is 0.251 e. The van der Waals surface area contributed by atoms with Crippen LogP contribution in [0.3, 0.4) is 0 Å². The fourth-order valence-corrected chi connectivity index (χ4v) is 3.35. The Hall–Kier alpha value is -2.66. The van der Waals surface area contributed by atoms with Crippen molar-refractivity contribution in [2.75, 3.05) is 14.1 Å². The summed E-state index contributed by atoms with van der Waals surface area (Å²) in [5, 5.41) is 6.21. The number of benzene rings is 2. The minimum Gasteiger partial charge on any atom is -0.355 e. The SMILES string of the molecule is CNC(=O)c1ccc(-c2[c]c3ccc(C(=O)NC)cc3s2)cc1. The quantitative estimate of drug-likeness (QED) is 0.778. The Morgan fingerprint density at radius 1 is 0.913 bits per heavy atom. The van der Waals surface area contributed by atoms with Crippen LogP contribution in [0.2, 0.25) is 0 Å². The summed E-state index contributed by atoms with van der Waals surface area (Å²) in [4.78, 5) is 24.3. The highest BCUT2D eigenvalue weighted by Gasteiger charge is 2.09. The van der Waals surface area contributed by atoms with Crippen LogP contribution in [0.5, 0.6) is 0 Å². The van der Waals surface area contributed by atoms with Crippen molar-refractivity contribution in [1.29, 1.82) is 0 Å². The first kappa shape index (κ1) is 15.2. The summed E-state index contributed by atoms with van der Waals surface area (Å²) in [5.41, 5.74) is 2.26. The van der Waals surface area contributed by atoms with Crippen molar-refractivity contribution < 1.29 is 9.59 Å². The molecule has 23 heavy (non-hydrogen) atoms. The standard InChI is InChI=1S/C18H15N2O2S/c1-19-17(21)12-5-3-11(4-6-12)15-9-13-7-8-14(18(22)20-2)10-16(13)23-15/h3-8,10H,1-2H3,(H,19,21)(H,20,22). The first-order valence-corrected chi connectivity index (χ1v) is 7.94. The summed E-state index contributed by atoms with van der Waals surface area (Å²) >= 11 is 1.58. The molecule has 2 amide bonds. The molecule has 0 aliphatic heterocycles. The van der Waals surface area contributed by atoms with Crippen LogP contribution in [-0.4, -0.2) is 25.9 Å². The first-order valence-electron chi connectivity index (χ1n) is 7.13. The molecule has 0 unspecified atom stereocenters. The average molecular weight is 323 g/mol. The molecule has 0 spiro atoms.